The van der Waals surface area contributed by atoms with E-state index in [1.54, 1.807) is 13.1 Å². The summed E-state index contributed by atoms with van der Waals surface area (Å²) in [7, 11) is 1.64. The average Bonchev–Trinajstić information content (AvgIpc) is 2.64. The molecule has 0 radical (unpaired) electrons. The van der Waals surface area contributed by atoms with Crippen molar-refractivity contribution >= 4 is 17.0 Å². The van der Waals surface area contributed by atoms with E-state index >= 15 is 0 Å². The molecule has 1 aromatic carbocycles. The molecular weight excluding hydrogens is 234 g/mol. The predicted molar refractivity (Wildman–Crippen MR) is 67.1 cm³/mol. The number of hydrogen-bond donors (Lipinski definition) is 2. The fraction of sp³-hybridized carbons (Fsp3) is 0.333. The number of oxazole rings is 1. The van der Waals surface area contributed by atoms with E-state index in [2.05, 4.69) is 5.32 Å². The van der Waals surface area contributed by atoms with Crippen molar-refractivity contribution in [3.63, 3.8) is 0 Å². The van der Waals surface area contributed by atoms with Gasteiger partial charge in [0.05, 0.1) is 18.1 Å². The molecule has 1 atom stereocenters. The number of nitrogens with one attached hydrogen (secondary N) is 1. The third kappa shape index (κ3) is 2.14. The van der Waals surface area contributed by atoms with Crippen molar-refractivity contribution in [1.29, 1.82) is 0 Å². The fourth-order valence-electron chi connectivity index (χ4n) is 1.80. The van der Waals surface area contributed by atoms with Gasteiger partial charge in [-0.1, -0.05) is 6.07 Å². The lowest BCUT2D eigenvalue weighted by atomic mass is 10.1. The molecule has 0 aliphatic carbocycles. The van der Waals surface area contributed by atoms with Crippen LogP contribution in [0.2, 0.25) is 0 Å². The van der Waals surface area contributed by atoms with E-state index in [9.17, 15) is 9.59 Å². The summed E-state index contributed by atoms with van der Waals surface area (Å²) in [6.07, 6.45) is 0. The molecule has 6 heteroatoms. The minimum Gasteiger partial charge on any atom is -0.408 e. The van der Waals surface area contributed by atoms with Gasteiger partial charge in [-0.2, -0.15) is 0 Å². The van der Waals surface area contributed by atoms with Crippen molar-refractivity contribution < 1.29 is 9.21 Å². The van der Waals surface area contributed by atoms with Crippen LogP contribution < -0.4 is 16.8 Å². The zero-order valence-electron chi connectivity index (χ0n) is 10.3. The highest BCUT2D eigenvalue weighted by atomic mass is 16.4. The zero-order valence-corrected chi connectivity index (χ0v) is 10.3. The molecule has 0 fully saturated rings. The minimum atomic E-state index is -0.402. The van der Waals surface area contributed by atoms with E-state index in [4.69, 9.17) is 10.2 Å². The van der Waals surface area contributed by atoms with Gasteiger partial charge in [0.15, 0.2) is 5.58 Å². The van der Waals surface area contributed by atoms with E-state index in [1.807, 2.05) is 19.1 Å². The summed E-state index contributed by atoms with van der Waals surface area (Å²) in [5, 5.41) is 2.75. The molecule has 2 aromatic rings. The second-order valence-electron chi connectivity index (χ2n) is 4.15. The lowest BCUT2D eigenvalue weighted by Gasteiger charge is -2.13. The van der Waals surface area contributed by atoms with Crippen LogP contribution >= 0.6 is 0 Å². The van der Waals surface area contributed by atoms with Gasteiger partial charge in [-0.25, -0.2) is 4.79 Å². The maximum Gasteiger partial charge on any atom is 0.419 e. The summed E-state index contributed by atoms with van der Waals surface area (Å²) in [5.41, 5.74) is 7.36. The number of nitrogens with zero attached hydrogens (tertiary/aromatic N) is 1. The number of aromatic nitrogens is 1. The van der Waals surface area contributed by atoms with Crippen molar-refractivity contribution in [3.8, 4) is 0 Å². The predicted octanol–water partition coefficient (Wildman–Crippen LogP) is 0.267. The molecule has 1 amide bonds. The zero-order chi connectivity index (χ0) is 13.3. The maximum atomic E-state index is 11.4. The average molecular weight is 249 g/mol. The molecule has 0 aliphatic rings. The molecule has 1 aromatic heterocycles. The monoisotopic (exact) mass is 249 g/mol. The van der Waals surface area contributed by atoms with Crippen LogP contribution in [0.5, 0.6) is 0 Å². The standard InChI is InChI=1S/C12H15N3O3/c1-7(14-11(16)6-13)8-3-4-10-9(5-8)15(2)12(17)18-10/h3-5,7H,6,13H2,1-2H3,(H,14,16). The quantitative estimate of drug-likeness (QED) is 0.816. The van der Waals surface area contributed by atoms with Crippen LogP contribution in [0.4, 0.5) is 0 Å². The van der Waals surface area contributed by atoms with Crippen LogP contribution in [0.1, 0.15) is 18.5 Å². The molecular formula is C12H15N3O3. The van der Waals surface area contributed by atoms with Crippen molar-refractivity contribution in [1.82, 2.24) is 9.88 Å². The summed E-state index contributed by atoms with van der Waals surface area (Å²) in [4.78, 5) is 22.6. The third-order valence-corrected chi connectivity index (χ3v) is 2.88. The molecule has 2 rings (SSSR count). The first-order valence-corrected chi connectivity index (χ1v) is 5.62. The van der Waals surface area contributed by atoms with Gasteiger partial charge in [0, 0.05) is 7.05 Å². The number of hydrogen-bond acceptors (Lipinski definition) is 4. The molecule has 0 spiro atoms. The van der Waals surface area contributed by atoms with Gasteiger partial charge in [-0.15, -0.1) is 0 Å². The van der Waals surface area contributed by atoms with E-state index < -0.39 is 5.76 Å². The Bertz CT molecular complexity index is 642. The maximum absolute atomic E-state index is 11.4. The molecule has 1 heterocycles. The number of nitrogens with two attached hydrogens (primary N) is 1. The first kappa shape index (κ1) is 12.4. The van der Waals surface area contributed by atoms with Crippen LogP contribution in [0, 0.1) is 0 Å². The van der Waals surface area contributed by atoms with E-state index in [0.717, 1.165) is 5.56 Å². The third-order valence-electron chi connectivity index (χ3n) is 2.88. The van der Waals surface area contributed by atoms with Crippen molar-refractivity contribution in [2.45, 2.75) is 13.0 Å². The Morgan fingerprint density at radius 3 is 2.94 bits per heavy atom. The number of carbonyl (C=O) groups excluding carboxylic acids is 1. The van der Waals surface area contributed by atoms with Gasteiger partial charge < -0.3 is 15.5 Å². The van der Waals surface area contributed by atoms with E-state index in [-0.39, 0.29) is 18.5 Å². The van der Waals surface area contributed by atoms with E-state index in [0.29, 0.717) is 11.1 Å². The summed E-state index contributed by atoms with van der Waals surface area (Å²) in [5.74, 6) is -0.621. The Hall–Kier alpha value is -2.08. The van der Waals surface area contributed by atoms with Gasteiger partial charge in [-0.3, -0.25) is 9.36 Å². The smallest absolute Gasteiger partial charge is 0.408 e. The molecule has 6 nitrogen and oxygen atoms in total. The van der Waals surface area contributed by atoms with Gasteiger partial charge in [0.25, 0.3) is 0 Å². The van der Waals surface area contributed by atoms with E-state index in [1.165, 1.54) is 4.57 Å². The molecule has 96 valence electrons. The molecule has 1 unspecified atom stereocenters. The Balaban J connectivity index is 2.37. The molecule has 0 saturated heterocycles. The van der Waals surface area contributed by atoms with Crippen LogP contribution in [0.25, 0.3) is 11.1 Å². The summed E-state index contributed by atoms with van der Waals surface area (Å²) < 4.78 is 6.46. The fourth-order valence-corrected chi connectivity index (χ4v) is 1.80. The van der Waals surface area contributed by atoms with Gasteiger partial charge in [-0.05, 0) is 24.6 Å². The Labute approximate surface area is 103 Å². The lowest BCUT2D eigenvalue weighted by molar-refractivity contribution is -0.120. The number of benzene rings is 1. The second-order valence-corrected chi connectivity index (χ2v) is 4.15. The van der Waals surface area contributed by atoms with Gasteiger partial charge in [0.1, 0.15) is 0 Å². The van der Waals surface area contributed by atoms with Crippen molar-refractivity contribution in [3.05, 3.63) is 34.3 Å². The minimum absolute atomic E-state index is 0.0449. The highest BCUT2D eigenvalue weighted by molar-refractivity contribution is 5.79. The highest BCUT2D eigenvalue weighted by Crippen LogP contribution is 2.19. The number of rotatable bonds is 3. The molecule has 3 N–H and O–H groups in total. The first-order chi connectivity index (χ1) is 8.52. The Morgan fingerprint density at radius 2 is 2.28 bits per heavy atom. The molecule has 18 heavy (non-hydrogen) atoms. The summed E-state index contributed by atoms with van der Waals surface area (Å²) in [6, 6.07) is 5.18. The highest BCUT2D eigenvalue weighted by Gasteiger charge is 2.11. The summed E-state index contributed by atoms with van der Waals surface area (Å²) >= 11 is 0. The van der Waals surface area contributed by atoms with Crippen LogP contribution in [0.3, 0.4) is 0 Å². The molecule has 0 aliphatic heterocycles. The van der Waals surface area contributed by atoms with Crippen molar-refractivity contribution in [2.24, 2.45) is 12.8 Å². The topological polar surface area (TPSA) is 90.3 Å². The van der Waals surface area contributed by atoms with Gasteiger partial charge in [0.2, 0.25) is 5.91 Å². The number of aryl methyl sites for hydroxylation is 1. The SMILES string of the molecule is CC(NC(=O)CN)c1ccc2oc(=O)n(C)c2c1. The van der Waals surface area contributed by atoms with Crippen LogP contribution in [-0.4, -0.2) is 17.0 Å². The Kier molecular flexibility index (Phi) is 3.20. The molecule has 0 bridgehead atoms. The summed E-state index contributed by atoms with van der Waals surface area (Å²) in [6.45, 7) is 1.81. The number of carbonyl (C=O) groups is 1. The first-order valence-electron chi connectivity index (χ1n) is 5.62. The van der Waals surface area contributed by atoms with Gasteiger partial charge >= 0.3 is 5.76 Å². The normalized spacial score (nSPS) is 12.6. The number of fused-ring (bicyclic) bond motifs is 1. The second kappa shape index (κ2) is 4.66. The van der Waals surface area contributed by atoms with Crippen LogP contribution in [0.15, 0.2) is 27.4 Å². The lowest BCUT2D eigenvalue weighted by Crippen LogP contribution is -2.32. The number of amides is 1. The van der Waals surface area contributed by atoms with Crippen LogP contribution in [-0.2, 0) is 11.8 Å². The largest absolute Gasteiger partial charge is 0.419 e. The van der Waals surface area contributed by atoms with Crippen molar-refractivity contribution in [2.75, 3.05) is 6.54 Å². The molecule has 0 saturated carbocycles. The Morgan fingerprint density at radius 1 is 1.56 bits per heavy atom.